The Labute approximate surface area is 333 Å². The van der Waals surface area contributed by atoms with Gasteiger partial charge in [0.05, 0.1) is 19.4 Å². The lowest BCUT2D eigenvalue weighted by molar-refractivity contribution is -0.0000128. The van der Waals surface area contributed by atoms with Gasteiger partial charge in [-0.05, 0) is 31.1 Å². The molecule has 0 unspecified atom stereocenters. The molecule has 1 N–H and O–H groups in total. The number of unbranched alkanes of at least 4 members (excludes halogenated alkanes) is 30. The van der Waals surface area contributed by atoms with E-state index in [-0.39, 0.29) is 24.0 Å². The maximum Gasteiger partial charge on any atom is 0.261 e. The predicted molar refractivity (Wildman–Crippen MR) is 227 cm³/mol. The van der Waals surface area contributed by atoms with Crippen molar-refractivity contribution in [2.75, 3.05) is 45.9 Å². The van der Waals surface area contributed by atoms with Gasteiger partial charge in [-0.2, -0.15) is 0 Å². The van der Waals surface area contributed by atoms with Gasteiger partial charge in [0, 0.05) is 33.8 Å². The van der Waals surface area contributed by atoms with Crippen LogP contribution in [0.4, 0.5) is 0 Å². The molecule has 0 spiro atoms. The van der Waals surface area contributed by atoms with Crippen molar-refractivity contribution in [3.05, 3.63) is 0 Å². The Balaban J connectivity index is 0. The second kappa shape index (κ2) is 40.9. The van der Waals surface area contributed by atoms with Crippen LogP contribution < -0.4 is 29.1 Å². The van der Waals surface area contributed by atoms with Crippen LogP contribution in [0.1, 0.15) is 226 Å². The minimum absolute atomic E-state index is 0. The van der Waals surface area contributed by atoms with E-state index < -0.39 is 13.9 Å². The summed E-state index contributed by atoms with van der Waals surface area (Å²) in [5.41, 5.74) is 0. The minimum Gasteiger partial charge on any atom is -1.00 e. The summed E-state index contributed by atoms with van der Waals surface area (Å²) in [5, 5.41) is 3.58. The molecule has 0 aromatic carbocycles. The van der Waals surface area contributed by atoms with E-state index in [1.54, 1.807) is 0 Å². The third-order valence-corrected chi connectivity index (χ3v) is 14.2. The zero-order chi connectivity index (χ0) is 35.3. The monoisotopic (exact) mass is 862 g/mol. The first-order chi connectivity index (χ1) is 23.3. The van der Waals surface area contributed by atoms with Crippen LogP contribution in [0.2, 0.25) is 0 Å². The molecule has 0 heterocycles. The summed E-state index contributed by atoms with van der Waals surface area (Å²) in [7, 11) is -0.753. The molecule has 0 rings (SSSR count). The molecule has 0 aromatic rings. The highest BCUT2D eigenvalue weighted by Gasteiger charge is 2.21. The summed E-state index contributed by atoms with van der Waals surface area (Å²) in [6, 6.07) is 0. The van der Waals surface area contributed by atoms with Gasteiger partial charge in [0.15, 0.2) is 0 Å². The second-order valence-electron chi connectivity index (χ2n) is 16.0. The Morgan fingerprint density at radius 2 is 0.653 bits per heavy atom. The molecule has 0 saturated carbocycles. The predicted octanol–water partition coefficient (Wildman–Crippen LogP) is 12.7. The molecule has 0 aliphatic carbocycles. The van der Waals surface area contributed by atoms with E-state index in [1.165, 1.54) is 205 Å². The highest BCUT2D eigenvalue weighted by atomic mass is 127. The molecule has 298 valence electrons. The normalized spacial score (nSPS) is 12.1. The van der Waals surface area contributed by atoms with E-state index in [4.69, 9.17) is 20.9 Å². The Morgan fingerprint density at radius 1 is 0.408 bits per heavy atom. The molecule has 7 heteroatoms. The average molecular weight is 862 g/mol. The summed E-state index contributed by atoms with van der Waals surface area (Å²) in [6.07, 6.45) is 46.9. The van der Waals surface area contributed by atoms with Crippen LogP contribution in [0.3, 0.4) is 0 Å². The molecule has 0 fully saturated rings. The van der Waals surface area contributed by atoms with Gasteiger partial charge in [0.2, 0.25) is 0 Å². The molecule has 0 saturated heterocycles. The van der Waals surface area contributed by atoms with Crippen molar-refractivity contribution >= 4 is 25.7 Å². The van der Waals surface area contributed by atoms with E-state index in [2.05, 4.69) is 38.9 Å². The molecule has 0 aromatic heterocycles. The van der Waals surface area contributed by atoms with Crippen LogP contribution >= 0.6 is 13.9 Å². The van der Waals surface area contributed by atoms with Crippen LogP contribution in [0.15, 0.2) is 0 Å². The number of hydrogen-bond donors (Lipinski definition) is 1. The highest BCUT2D eigenvalue weighted by Crippen LogP contribution is 2.48. The van der Waals surface area contributed by atoms with Crippen LogP contribution in [0.5, 0.6) is 0 Å². The van der Waals surface area contributed by atoms with Crippen LogP contribution in [-0.2, 0) is 20.9 Å². The van der Waals surface area contributed by atoms with Crippen molar-refractivity contribution in [1.82, 2.24) is 5.09 Å². The lowest BCUT2D eigenvalue weighted by Crippen LogP contribution is -3.00. The van der Waals surface area contributed by atoms with Crippen molar-refractivity contribution in [2.45, 2.75) is 226 Å². The van der Waals surface area contributed by atoms with E-state index in [9.17, 15) is 0 Å². The SMILES string of the molecule is CCCCCCCCCCCCCCCCCCOP(=S)(NCCC[P+](C)(C)C)OCCCCCCCCCCCCCCCCCC.[I-]. The maximum absolute atomic E-state index is 6.31. The molecule has 0 aliphatic rings. The van der Waals surface area contributed by atoms with E-state index in [1.807, 2.05) is 0 Å². The quantitative estimate of drug-likeness (QED) is 0.0377. The zero-order valence-corrected chi connectivity index (χ0v) is 38.9. The summed E-state index contributed by atoms with van der Waals surface area (Å²) in [6.45, 7) is 11.9. The number of hydrogen-bond acceptors (Lipinski definition) is 3. The minimum atomic E-state index is -2.39. The molecule has 49 heavy (non-hydrogen) atoms. The Morgan fingerprint density at radius 3 is 0.898 bits per heavy atom. The first kappa shape index (κ1) is 52.8. The van der Waals surface area contributed by atoms with Crippen molar-refractivity contribution in [1.29, 1.82) is 0 Å². The van der Waals surface area contributed by atoms with Crippen LogP contribution in [0.25, 0.3) is 0 Å². The third kappa shape index (κ3) is 44.0. The van der Waals surface area contributed by atoms with Crippen molar-refractivity contribution in [2.24, 2.45) is 0 Å². The number of halogens is 1. The van der Waals surface area contributed by atoms with Crippen LogP contribution in [-0.4, -0.2) is 45.9 Å². The highest BCUT2D eigenvalue weighted by molar-refractivity contribution is 8.08. The Bertz CT molecular complexity index is 638. The van der Waals surface area contributed by atoms with E-state index >= 15 is 0 Å². The van der Waals surface area contributed by atoms with E-state index in [0.29, 0.717) is 0 Å². The largest absolute Gasteiger partial charge is 1.00 e. The second-order valence-corrected chi connectivity index (χ2v) is 24.3. The topological polar surface area (TPSA) is 30.5 Å². The molecule has 0 amide bonds. The fourth-order valence-corrected chi connectivity index (χ4v) is 9.82. The average Bonchev–Trinajstić information content (AvgIpc) is 3.05. The lowest BCUT2D eigenvalue weighted by Gasteiger charge is -2.24. The van der Waals surface area contributed by atoms with Crippen molar-refractivity contribution in [3.8, 4) is 0 Å². The van der Waals surface area contributed by atoms with Gasteiger partial charge in [-0.1, -0.05) is 206 Å². The van der Waals surface area contributed by atoms with Gasteiger partial charge < -0.3 is 33.0 Å². The molecule has 0 bridgehead atoms. The molecule has 3 nitrogen and oxygen atoms in total. The molecule has 0 radical (unpaired) electrons. The van der Waals surface area contributed by atoms with Gasteiger partial charge >= 0.3 is 0 Å². The molecular weight excluding hydrogens is 771 g/mol. The Hall–Kier alpha value is 1.69. The third-order valence-electron chi connectivity index (χ3n) is 9.83. The van der Waals surface area contributed by atoms with Gasteiger partial charge in [-0.15, -0.1) is 0 Å². The molecular formula is C42H90INO2P2S. The fraction of sp³-hybridized carbons (Fsp3) is 1.00. The maximum atomic E-state index is 6.31. The molecule has 0 aliphatic heterocycles. The Kier molecular flexibility index (Phi) is 44.0. The van der Waals surface area contributed by atoms with Gasteiger partial charge in [0.25, 0.3) is 6.64 Å². The lowest BCUT2D eigenvalue weighted by atomic mass is 10.0. The first-order valence-corrected chi connectivity index (χ1v) is 27.7. The first-order valence-electron chi connectivity index (χ1n) is 21.8. The number of nitrogens with one attached hydrogen (secondary N) is 1. The van der Waals surface area contributed by atoms with Crippen molar-refractivity contribution in [3.63, 3.8) is 0 Å². The van der Waals surface area contributed by atoms with E-state index in [0.717, 1.165) is 32.6 Å². The summed E-state index contributed by atoms with van der Waals surface area (Å²) in [4.78, 5) is 0. The van der Waals surface area contributed by atoms with Crippen LogP contribution in [0, 0.1) is 0 Å². The smallest absolute Gasteiger partial charge is 0.261 e. The summed E-state index contributed by atoms with van der Waals surface area (Å²) < 4.78 is 12.6. The summed E-state index contributed by atoms with van der Waals surface area (Å²) in [5.74, 6) is 0. The number of rotatable bonds is 41. The fourth-order valence-electron chi connectivity index (χ4n) is 6.57. The summed E-state index contributed by atoms with van der Waals surface area (Å²) >= 11 is 5.99. The van der Waals surface area contributed by atoms with Gasteiger partial charge in [-0.25, -0.2) is 5.09 Å². The van der Waals surface area contributed by atoms with Gasteiger partial charge in [0.1, 0.15) is 0 Å². The van der Waals surface area contributed by atoms with Crippen molar-refractivity contribution < 1.29 is 33.0 Å². The molecule has 0 atom stereocenters. The zero-order valence-electron chi connectivity index (χ0n) is 34.2. The van der Waals surface area contributed by atoms with Gasteiger partial charge in [-0.3, -0.25) is 0 Å². The standard InChI is InChI=1S/C42H90NO2P2S.HI/c1-6-8-10-12-14-16-18-20-22-24-26-28-30-32-34-36-40-44-47(48,43-39-38-42-46(3,4)5)45-41-37-35-33-31-29-27-25-23-21-19-17-15-13-11-9-7-2;/h6-42H2,1-5H3,(H,43,48);1H/q+1;/p-1.